The first-order chi connectivity index (χ1) is 6.81. The van der Waals surface area contributed by atoms with E-state index in [1.54, 1.807) is 6.20 Å². The molecule has 0 fully saturated rings. The molecule has 1 aromatic heterocycles. The first kappa shape index (κ1) is 9.49. The van der Waals surface area contributed by atoms with Crippen LogP contribution in [0.25, 0.3) is 11.0 Å². The Balaban J connectivity index is 2.38. The Bertz CT molecular complexity index is 439. The average Bonchev–Trinajstić information content (AvgIpc) is 2.63. The summed E-state index contributed by atoms with van der Waals surface area (Å²) in [5.74, 6) is 0. The Labute approximate surface area is 87.0 Å². The first-order valence-corrected chi connectivity index (χ1v) is 4.86. The number of benzene rings is 1. The SMILES string of the molecule is CNCCc1cc(Cl)c2oncc2c1. The van der Waals surface area contributed by atoms with E-state index >= 15 is 0 Å². The summed E-state index contributed by atoms with van der Waals surface area (Å²) < 4.78 is 5.01. The highest BCUT2D eigenvalue weighted by molar-refractivity contribution is 6.34. The highest BCUT2D eigenvalue weighted by Gasteiger charge is 2.05. The van der Waals surface area contributed by atoms with Gasteiger partial charge in [0.15, 0.2) is 5.58 Å². The predicted molar refractivity (Wildman–Crippen MR) is 56.6 cm³/mol. The first-order valence-electron chi connectivity index (χ1n) is 4.48. The van der Waals surface area contributed by atoms with Crippen molar-refractivity contribution in [3.63, 3.8) is 0 Å². The minimum atomic E-state index is 0.631. The molecule has 74 valence electrons. The van der Waals surface area contributed by atoms with Crippen LogP contribution < -0.4 is 5.32 Å². The molecule has 1 aromatic carbocycles. The maximum atomic E-state index is 6.03. The van der Waals surface area contributed by atoms with E-state index in [9.17, 15) is 0 Å². The summed E-state index contributed by atoms with van der Waals surface area (Å²) in [5.41, 5.74) is 1.86. The summed E-state index contributed by atoms with van der Waals surface area (Å²) in [4.78, 5) is 0. The lowest BCUT2D eigenvalue weighted by Crippen LogP contribution is -2.10. The lowest BCUT2D eigenvalue weighted by Gasteiger charge is -2.01. The molecule has 0 aliphatic heterocycles. The molecule has 0 saturated heterocycles. The van der Waals surface area contributed by atoms with Crippen molar-refractivity contribution in [3.05, 3.63) is 28.9 Å². The number of halogens is 1. The molecule has 0 atom stereocenters. The lowest BCUT2D eigenvalue weighted by molar-refractivity contribution is 0.456. The van der Waals surface area contributed by atoms with Gasteiger partial charge in [-0.05, 0) is 37.7 Å². The van der Waals surface area contributed by atoms with Crippen molar-refractivity contribution in [2.24, 2.45) is 0 Å². The van der Waals surface area contributed by atoms with Crippen molar-refractivity contribution in [2.45, 2.75) is 6.42 Å². The number of rotatable bonds is 3. The van der Waals surface area contributed by atoms with Crippen LogP contribution in [0.2, 0.25) is 5.02 Å². The lowest BCUT2D eigenvalue weighted by atomic mass is 10.1. The monoisotopic (exact) mass is 210 g/mol. The van der Waals surface area contributed by atoms with Gasteiger partial charge in [-0.3, -0.25) is 0 Å². The van der Waals surface area contributed by atoms with Crippen LogP contribution in [0.5, 0.6) is 0 Å². The van der Waals surface area contributed by atoms with E-state index in [-0.39, 0.29) is 0 Å². The van der Waals surface area contributed by atoms with Crippen LogP contribution in [0.4, 0.5) is 0 Å². The maximum absolute atomic E-state index is 6.03. The molecule has 0 spiro atoms. The van der Waals surface area contributed by atoms with Crippen LogP contribution in [-0.2, 0) is 6.42 Å². The van der Waals surface area contributed by atoms with Crippen molar-refractivity contribution in [2.75, 3.05) is 13.6 Å². The van der Waals surface area contributed by atoms with Crippen molar-refractivity contribution in [1.82, 2.24) is 10.5 Å². The second kappa shape index (κ2) is 3.98. The Morgan fingerprint density at radius 1 is 1.50 bits per heavy atom. The molecule has 3 nitrogen and oxygen atoms in total. The third-order valence-electron chi connectivity index (χ3n) is 2.13. The molecule has 0 aliphatic carbocycles. The number of likely N-dealkylation sites (N-methyl/N-ethyl adjacent to an activating group) is 1. The van der Waals surface area contributed by atoms with Gasteiger partial charge in [0, 0.05) is 5.39 Å². The van der Waals surface area contributed by atoms with E-state index in [0.717, 1.165) is 18.4 Å². The van der Waals surface area contributed by atoms with Crippen LogP contribution in [0.15, 0.2) is 22.9 Å². The van der Waals surface area contributed by atoms with Crippen molar-refractivity contribution < 1.29 is 4.52 Å². The Morgan fingerprint density at radius 2 is 2.36 bits per heavy atom. The summed E-state index contributed by atoms with van der Waals surface area (Å²) in [5, 5.41) is 8.40. The largest absolute Gasteiger partial charge is 0.355 e. The van der Waals surface area contributed by atoms with Gasteiger partial charge in [-0.1, -0.05) is 16.8 Å². The van der Waals surface area contributed by atoms with E-state index in [1.165, 1.54) is 5.56 Å². The zero-order valence-corrected chi connectivity index (χ0v) is 8.64. The zero-order valence-electron chi connectivity index (χ0n) is 7.88. The molecule has 2 aromatic rings. The van der Waals surface area contributed by atoms with Gasteiger partial charge in [-0.2, -0.15) is 0 Å². The quantitative estimate of drug-likeness (QED) is 0.845. The number of fused-ring (bicyclic) bond motifs is 1. The highest BCUT2D eigenvalue weighted by atomic mass is 35.5. The van der Waals surface area contributed by atoms with E-state index < -0.39 is 0 Å². The molecular weight excluding hydrogens is 200 g/mol. The maximum Gasteiger partial charge on any atom is 0.185 e. The fourth-order valence-electron chi connectivity index (χ4n) is 1.41. The van der Waals surface area contributed by atoms with E-state index in [4.69, 9.17) is 16.1 Å². The molecule has 0 aliphatic rings. The normalized spacial score (nSPS) is 11.0. The summed E-state index contributed by atoms with van der Waals surface area (Å²) >= 11 is 6.03. The highest BCUT2D eigenvalue weighted by Crippen LogP contribution is 2.25. The number of hydrogen-bond donors (Lipinski definition) is 1. The average molecular weight is 211 g/mol. The van der Waals surface area contributed by atoms with Crippen LogP contribution in [0, 0.1) is 0 Å². The van der Waals surface area contributed by atoms with E-state index in [0.29, 0.717) is 10.6 Å². The van der Waals surface area contributed by atoms with E-state index in [1.807, 2.05) is 13.1 Å². The van der Waals surface area contributed by atoms with Crippen molar-refractivity contribution in [3.8, 4) is 0 Å². The van der Waals surface area contributed by atoms with Gasteiger partial charge in [0.25, 0.3) is 0 Å². The van der Waals surface area contributed by atoms with Crippen molar-refractivity contribution in [1.29, 1.82) is 0 Å². The Hall–Kier alpha value is -1.06. The Kier molecular flexibility index (Phi) is 2.70. The van der Waals surface area contributed by atoms with Crippen LogP contribution in [-0.4, -0.2) is 18.7 Å². The molecule has 1 N–H and O–H groups in total. The molecule has 2 rings (SSSR count). The Morgan fingerprint density at radius 3 is 3.14 bits per heavy atom. The second-order valence-corrected chi connectivity index (χ2v) is 3.58. The number of nitrogens with one attached hydrogen (secondary N) is 1. The molecule has 0 saturated carbocycles. The fraction of sp³-hybridized carbons (Fsp3) is 0.300. The van der Waals surface area contributed by atoms with Crippen molar-refractivity contribution >= 4 is 22.6 Å². The number of aromatic nitrogens is 1. The van der Waals surface area contributed by atoms with Gasteiger partial charge < -0.3 is 9.84 Å². The minimum Gasteiger partial charge on any atom is -0.355 e. The molecule has 0 radical (unpaired) electrons. The van der Waals surface area contributed by atoms with Gasteiger partial charge in [0.2, 0.25) is 0 Å². The topological polar surface area (TPSA) is 38.1 Å². The summed E-state index contributed by atoms with van der Waals surface area (Å²) in [6.07, 6.45) is 2.64. The fourth-order valence-corrected chi connectivity index (χ4v) is 1.70. The predicted octanol–water partition coefficient (Wildman–Crippen LogP) is 2.24. The van der Waals surface area contributed by atoms with Crippen LogP contribution in [0.3, 0.4) is 0 Å². The summed E-state index contributed by atoms with van der Waals surface area (Å²) in [6, 6.07) is 3.97. The summed E-state index contributed by atoms with van der Waals surface area (Å²) in [6.45, 7) is 0.938. The van der Waals surface area contributed by atoms with Gasteiger partial charge in [0.05, 0.1) is 11.2 Å². The smallest absolute Gasteiger partial charge is 0.185 e. The van der Waals surface area contributed by atoms with Crippen LogP contribution >= 0.6 is 11.6 Å². The zero-order chi connectivity index (χ0) is 9.97. The molecule has 0 unspecified atom stereocenters. The standard InChI is InChI=1S/C10H11ClN2O/c1-12-3-2-7-4-8-6-13-14-10(8)9(11)5-7/h4-6,12H,2-3H2,1H3. The van der Waals surface area contributed by atoms with Gasteiger partial charge in [-0.15, -0.1) is 0 Å². The van der Waals surface area contributed by atoms with Gasteiger partial charge >= 0.3 is 0 Å². The molecule has 14 heavy (non-hydrogen) atoms. The molecule has 4 heteroatoms. The number of hydrogen-bond acceptors (Lipinski definition) is 3. The van der Waals surface area contributed by atoms with E-state index in [2.05, 4.69) is 16.5 Å². The molecule has 0 bridgehead atoms. The van der Waals surface area contributed by atoms with Crippen LogP contribution in [0.1, 0.15) is 5.56 Å². The second-order valence-electron chi connectivity index (χ2n) is 3.18. The molecule has 0 amide bonds. The minimum absolute atomic E-state index is 0.631. The van der Waals surface area contributed by atoms with Gasteiger partial charge in [-0.25, -0.2) is 0 Å². The summed E-state index contributed by atoms with van der Waals surface area (Å²) in [7, 11) is 1.93. The molecular formula is C10H11ClN2O. The molecule has 1 heterocycles. The third kappa shape index (κ3) is 1.74. The van der Waals surface area contributed by atoms with Gasteiger partial charge in [0.1, 0.15) is 0 Å². The third-order valence-corrected chi connectivity index (χ3v) is 2.41. The number of nitrogens with zero attached hydrogens (tertiary/aromatic N) is 1.